The molecule has 2 rings (SSSR count). The maximum absolute atomic E-state index is 12.5. The summed E-state index contributed by atoms with van der Waals surface area (Å²) in [6.07, 6.45) is 5.77. The Bertz CT molecular complexity index is 417. The van der Waals surface area contributed by atoms with Crippen LogP contribution in [0.5, 0.6) is 0 Å². The summed E-state index contributed by atoms with van der Waals surface area (Å²) in [4.78, 5) is 26.4. The zero-order valence-corrected chi connectivity index (χ0v) is 12.8. The Hall–Kier alpha value is -1.17. The number of hydrogen-bond acceptors (Lipinski definition) is 3. The lowest BCUT2D eigenvalue weighted by Gasteiger charge is -2.33. The number of nitrogens with two attached hydrogens (primary N) is 1. The van der Waals surface area contributed by atoms with Gasteiger partial charge < -0.3 is 11.1 Å². The zero-order valence-electron chi connectivity index (χ0n) is 12.0. The second kappa shape index (κ2) is 6.08. The Morgan fingerprint density at radius 1 is 1.40 bits per heavy atom. The Morgan fingerprint density at radius 3 is 2.65 bits per heavy atom. The van der Waals surface area contributed by atoms with Gasteiger partial charge in [0.05, 0.1) is 4.99 Å². The summed E-state index contributed by atoms with van der Waals surface area (Å²) in [5, 5.41) is 2.93. The Labute approximate surface area is 125 Å². The molecule has 0 aromatic carbocycles. The van der Waals surface area contributed by atoms with Gasteiger partial charge in [0.2, 0.25) is 0 Å². The van der Waals surface area contributed by atoms with Gasteiger partial charge in [0.25, 0.3) is 5.91 Å². The van der Waals surface area contributed by atoms with Crippen molar-refractivity contribution in [3.63, 3.8) is 0 Å². The molecule has 1 spiro atoms. The van der Waals surface area contributed by atoms with Gasteiger partial charge in [-0.2, -0.15) is 0 Å². The summed E-state index contributed by atoms with van der Waals surface area (Å²) in [5.41, 5.74) is 4.82. The molecule has 1 saturated carbocycles. The third kappa shape index (κ3) is 3.11. The maximum atomic E-state index is 12.5. The minimum Gasteiger partial charge on any atom is -0.393 e. The Morgan fingerprint density at radius 2 is 2.05 bits per heavy atom. The Balaban J connectivity index is 1.90. The molecule has 1 aliphatic carbocycles. The van der Waals surface area contributed by atoms with E-state index in [0.717, 1.165) is 38.5 Å². The molecule has 112 valence electrons. The van der Waals surface area contributed by atoms with Crippen molar-refractivity contribution in [2.75, 3.05) is 6.54 Å². The number of unbranched alkanes of at least 4 members (excludes halogenated alkanes) is 1. The first kappa shape index (κ1) is 15.2. The maximum Gasteiger partial charge on any atom is 0.325 e. The number of imide groups is 1. The van der Waals surface area contributed by atoms with Crippen LogP contribution in [-0.2, 0) is 4.79 Å². The molecule has 0 aromatic heterocycles. The molecule has 1 aliphatic heterocycles. The van der Waals surface area contributed by atoms with E-state index in [1.807, 2.05) is 0 Å². The molecule has 2 aliphatic rings. The van der Waals surface area contributed by atoms with Crippen molar-refractivity contribution in [3.05, 3.63) is 0 Å². The van der Waals surface area contributed by atoms with Gasteiger partial charge >= 0.3 is 6.03 Å². The third-order valence-corrected chi connectivity index (χ3v) is 4.63. The predicted molar refractivity (Wildman–Crippen MR) is 81.2 cm³/mol. The van der Waals surface area contributed by atoms with E-state index in [9.17, 15) is 9.59 Å². The first-order valence-corrected chi connectivity index (χ1v) is 7.78. The SMILES string of the molecule is CC1CCC2(CC1)NC(=O)N(CCCCC(N)=S)C2=O. The van der Waals surface area contributed by atoms with Crippen LogP contribution in [-0.4, -0.2) is 33.9 Å². The molecule has 0 unspecified atom stereocenters. The van der Waals surface area contributed by atoms with Gasteiger partial charge in [0.15, 0.2) is 0 Å². The van der Waals surface area contributed by atoms with Gasteiger partial charge in [-0.25, -0.2) is 4.79 Å². The summed E-state index contributed by atoms with van der Waals surface area (Å²) in [6, 6.07) is -0.236. The van der Waals surface area contributed by atoms with E-state index in [0.29, 0.717) is 23.9 Å². The number of carbonyl (C=O) groups is 2. The predicted octanol–water partition coefficient (Wildman–Crippen LogP) is 1.94. The summed E-state index contributed by atoms with van der Waals surface area (Å²) >= 11 is 4.82. The second-order valence-electron chi connectivity index (χ2n) is 6.07. The highest BCUT2D eigenvalue weighted by Gasteiger charge is 2.51. The van der Waals surface area contributed by atoms with Gasteiger partial charge in [-0.3, -0.25) is 9.69 Å². The molecular formula is C14H23N3O2S. The van der Waals surface area contributed by atoms with Crippen molar-refractivity contribution in [2.24, 2.45) is 11.7 Å². The van der Waals surface area contributed by atoms with Crippen molar-refractivity contribution < 1.29 is 9.59 Å². The molecule has 1 saturated heterocycles. The average molecular weight is 297 g/mol. The van der Waals surface area contributed by atoms with Gasteiger partial charge in [-0.1, -0.05) is 19.1 Å². The lowest BCUT2D eigenvalue weighted by atomic mass is 9.77. The number of nitrogens with zero attached hydrogens (tertiary/aromatic N) is 1. The van der Waals surface area contributed by atoms with Crippen molar-refractivity contribution in [1.82, 2.24) is 10.2 Å². The van der Waals surface area contributed by atoms with Crippen LogP contribution in [0.1, 0.15) is 51.9 Å². The normalized spacial score (nSPS) is 29.9. The van der Waals surface area contributed by atoms with Crippen LogP contribution >= 0.6 is 12.2 Å². The number of rotatable bonds is 5. The Kier molecular flexibility index (Phi) is 4.62. The number of hydrogen-bond donors (Lipinski definition) is 2. The largest absolute Gasteiger partial charge is 0.393 e. The van der Waals surface area contributed by atoms with Crippen molar-refractivity contribution in [3.8, 4) is 0 Å². The molecule has 3 amide bonds. The number of carbonyl (C=O) groups excluding carboxylic acids is 2. The number of nitrogens with one attached hydrogen (secondary N) is 1. The van der Waals surface area contributed by atoms with Crippen molar-refractivity contribution in [1.29, 1.82) is 0 Å². The van der Waals surface area contributed by atoms with Crippen LogP contribution < -0.4 is 11.1 Å². The van der Waals surface area contributed by atoms with Crippen molar-refractivity contribution >= 4 is 29.1 Å². The molecule has 20 heavy (non-hydrogen) atoms. The summed E-state index contributed by atoms with van der Waals surface area (Å²) in [5.74, 6) is 0.606. The molecule has 3 N–H and O–H groups in total. The average Bonchev–Trinajstić information content (AvgIpc) is 2.62. The molecule has 0 bridgehead atoms. The fourth-order valence-corrected chi connectivity index (χ4v) is 3.19. The topological polar surface area (TPSA) is 75.4 Å². The lowest BCUT2D eigenvalue weighted by molar-refractivity contribution is -0.132. The smallest absolute Gasteiger partial charge is 0.325 e. The van der Waals surface area contributed by atoms with Crippen LogP contribution in [0.15, 0.2) is 0 Å². The van der Waals surface area contributed by atoms with Crippen LogP contribution in [0.4, 0.5) is 4.79 Å². The standard InChI is InChI=1S/C14H23N3O2S/c1-10-5-7-14(8-6-10)12(18)17(13(19)16-14)9-3-2-4-11(15)20/h10H,2-9H2,1H3,(H2,15,20)(H,16,19). The van der Waals surface area contributed by atoms with E-state index in [2.05, 4.69) is 12.2 Å². The molecule has 2 fully saturated rings. The van der Waals surface area contributed by atoms with E-state index in [1.54, 1.807) is 0 Å². The minimum absolute atomic E-state index is 0.0373. The molecule has 0 aromatic rings. The van der Waals surface area contributed by atoms with Gasteiger partial charge in [-0.15, -0.1) is 0 Å². The zero-order chi connectivity index (χ0) is 14.8. The number of amides is 3. The highest BCUT2D eigenvalue weighted by molar-refractivity contribution is 7.80. The molecule has 1 heterocycles. The third-order valence-electron chi connectivity index (χ3n) is 4.43. The molecule has 5 nitrogen and oxygen atoms in total. The monoisotopic (exact) mass is 297 g/mol. The number of thiocarbonyl (C=S) groups is 1. The van der Waals surface area contributed by atoms with Crippen LogP contribution in [0.3, 0.4) is 0 Å². The van der Waals surface area contributed by atoms with E-state index in [4.69, 9.17) is 18.0 Å². The fraction of sp³-hybridized carbons (Fsp3) is 0.786. The highest BCUT2D eigenvalue weighted by atomic mass is 32.1. The van der Waals surface area contributed by atoms with Gasteiger partial charge in [0, 0.05) is 6.54 Å². The molecular weight excluding hydrogens is 274 g/mol. The summed E-state index contributed by atoms with van der Waals surface area (Å²) in [6.45, 7) is 2.66. The van der Waals surface area contributed by atoms with E-state index in [-0.39, 0.29) is 11.9 Å². The highest BCUT2D eigenvalue weighted by Crippen LogP contribution is 2.36. The first-order chi connectivity index (χ1) is 9.44. The van der Waals surface area contributed by atoms with Crippen LogP contribution in [0.25, 0.3) is 0 Å². The van der Waals surface area contributed by atoms with Gasteiger partial charge in [0.1, 0.15) is 5.54 Å². The summed E-state index contributed by atoms with van der Waals surface area (Å²) < 4.78 is 0. The van der Waals surface area contributed by atoms with Gasteiger partial charge in [-0.05, 0) is 50.9 Å². The summed E-state index contributed by atoms with van der Waals surface area (Å²) in [7, 11) is 0. The van der Waals surface area contributed by atoms with E-state index >= 15 is 0 Å². The first-order valence-electron chi connectivity index (χ1n) is 7.37. The second-order valence-corrected chi connectivity index (χ2v) is 6.60. The lowest BCUT2D eigenvalue weighted by Crippen LogP contribution is -2.49. The van der Waals surface area contributed by atoms with Crippen LogP contribution in [0, 0.1) is 5.92 Å². The van der Waals surface area contributed by atoms with Crippen molar-refractivity contribution in [2.45, 2.75) is 57.4 Å². The molecule has 0 atom stereocenters. The van der Waals surface area contributed by atoms with Crippen LogP contribution in [0.2, 0.25) is 0 Å². The molecule has 6 heteroatoms. The minimum atomic E-state index is -0.618. The quantitative estimate of drug-likeness (QED) is 0.462. The molecule has 0 radical (unpaired) electrons. The van der Waals surface area contributed by atoms with E-state index in [1.165, 1.54) is 4.90 Å². The fourth-order valence-electron chi connectivity index (χ4n) is 3.04. The van der Waals surface area contributed by atoms with E-state index < -0.39 is 5.54 Å². The number of urea groups is 1.